The van der Waals surface area contributed by atoms with Crippen LogP contribution in [0.5, 0.6) is 0 Å². The van der Waals surface area contributed by atoms with Crippen molar-refractivity contribution < 1.29 is 18.8 Å². The average Bonchev–Trinajstić information content (AvgIpc) is 3.61. The van der Waals surface area contributed by atoms with Gasteiger partial charge in [-0.3, -0.25) is 9.59 Å². The highest BCUT2D eigenvalue weighted by molar-refractivity contribution is 6.10. The van der Waals surface area contributed by atoms with Gasteiger partial charge in [-0.05, 0) is 88.8 Å². The molecule has 282 valence electrons. The lowest BCUT2D eigenvalue weighted by molar-refractivity contribution is -0.929. The lowest BCUT2D eigenvalue weighted by atomic mass is 10.1. The average molecular weight is 713 g/mol. The fourth-order valence-electron chi connectivity index (χ4n) is 6.88. The Balaban J connectivity index is 0.000000347. The van der Waals surface area contributed by atoms with Gasteiger partial charge in [-0.15, -0.1) is 0 Å². The van der Waals surface area contributed by atoms with Gasteiger partial charge in [0, 0.05) is 22.2 Å². The first-order chi connectivity index (χ1) is 24.6. The molecular weight excluding hydrogens is 652 g/mol. The standard InChI is InChI=1S/C27H25N5O2.C16H36N.FH/c1-14-16(3)28-24-18(14)8-5-10-20(24)31-26(33)22-12-7-13-23(30-22)27(34)32-21-11-6-9-19-15(2)17(4)29-25(19)21;1-5-9-13-17(14-10-6-2,15-11-7-3)16-12-8-4;/h5-13,28-29H,1-4H3,(H,31,33)(H,32,34);5-16H2,1-4H3;1H/q;+1;/p-1. The molecule has 8 nitrogen and oxygen atoms in total. The van der Waals surface area contributed by atoms with E-state index in [9.17, 15) is 9.59 Å². The fraction of sp³-hybridized carbons (Fsp3) is 0.465. The van der Waals surface area contributed by atoms with Crippen molar-refractivity contribution in [3.8, 4) is 0 Å². The van der Waals surface area contributed by atoms with E-state index < -0.39 is 0 Å². The van der Waals surface area contributed by atoms with Crippen molar-refractivity contribution in [2.45, 2.75) is 107 Å². The number of unbranched alkanes of at least 4 members (excludes halogenated alkanes) is 4. The van der Waals surface area contributed by atoms with Gasteiger partial charge in [0.2, 0.25) is 0 Å². The predicted molar refractivity (Wildman–Crippen MR) is 215 cm³/mol. The summed E-state index contributed by atoms with van der Waals surface area (Å²) in [5, 5.41) is 7.95. The van der Waals surface area contributed by atoms with E-state index in [1.807, 2.05) is 64.1 Å². The number of pyridine rings is 1. The highest BCUT2D eigenvalue weighted by Crippen LogP contribution is 2.29. The summed E-state index contributed by atoms with van der Waals surface area (Å²) in [4.78, 5) is 36.9. The zero-order valence-electron chi connectivity index (χ0n) is 32.8. The molecule has 5 aromatic rings. The van der Waals surface area contributed by atoms with Crippen LogP contribution in [-0.4, -0.2) is 57.4 Å². The molecule has 0 unspecified atom stereocenters. The maximum absolute atomic E-state index is 13.0. The van der Waals surface area contributed by atoms with E-state index in [1.54, 1.807) is 18.2 Å². The molecule has 3 heterocycles. The van der Waals surface area contributed by atoms with Crippen LogP contribution in [0.3, 0.4) is 0 Å². The maximum atomic E-state index is 13.0. The molecule has 0 aliphatic heterocycles. The van der Waals surface area contributed by atoms with Crippen molar-refractivity contribution in [1.82, 2.24) is 15.0 Å². The number of nitrogens with one attached hydrogen (secondary N) is 4. The van der Waals surface area contributed by atoms with Crippen molar-refractivity contribution in [3.05, 3.63) is 88.5 Å². The number of anilines is 2. The summed E-state index contributed by atoms with van der Waals surface area (Å²) in [5.74, 6) is -0.769. The summed E-state index contributed by atoms with van der Waals surface area (Å²) in [7, 11) is 0. The van der Waals surface area contributed by atoms with Gasteiger partial charge in [0.1, 0.15) is 11.4 Å². The number of para-hydroxylation sites is 2. The molecule has 2 aromatic carbocycles. The third-order valence-corrected chi connectivity index (χ3v) is 10.3. The number of quaternary nitrogens is 1. The van der Waals surface area contributed by atoms with Gasteiger partial charge in [0.25, 0.3) is 11.8 Å². The zero-order chi connectivity index (χ0) is 37.0. The van der Waals surface area contributed by atoms with Crippen molar-refractivity contribution in [1.29, 1.82) is 0 Å². The number of halogens is 1. The summed E-state index contributed by atoms with van der Waals surface area (Å²) in [6.45, 7) is 23.1. The Hall–Kier alpha value is -4.50. The van der Waals surface area contributed by atoms with Crippen LogP contribution in [0.25, 0.3) is 21.8 Å². The molecule has 3 aromatic heterocycles. The van der Waals surface area contributed by atoms with Gasteiger partial charge in [-0.2, -0.15) is 0 Å². The molecule has 0 fully saturated rings. The van der Waals surface area contributed by atoms with Crippen LogP contribution in [0, 0.1) is 27.7 Å². The van der Waals surface area contributed by atoms with Crippen LogP contribution >= 0.6 is 0 Å². The molecule has 4 N–H and O–H groups in total. The Labute approximate surface area is 310 Å². The molecule has 0 atom stereocenters. The molecule has 0 radical (unpaired) electrons. The van der Waals surface area contributed by atoms with Gasteiger partial charge in [-0.1, -0.05) is 83.7 Å². The number of amides is 2. The predicted octanol–water partition coefficient (Wildman–Crippen LogP) is 7.79. The molecule has 9 heteroatoms. The van der Waals surface area contributed by atoms with Crippen LogP contribution in [0.1, 0.15) is 123 Å². The number of rotatable bonds is 16. The number of aromatic nitrogens is 3. The molecule has 0 saturated carbocycles. The van der Waals surface area contributed by atoms with Gasteiger partial charge in [0.15, 0.2) is 0 Å². The molecule has 2 amide bonds. The minimum atomic E-state index is -0.384. The van der Waals surface area contributed by atoms with E-state index in [-0.39, 0.29) is 27.9 Å². The Bertz CT molecular complexity index is 1760. The lowest BCUT2D eigenvalue weighted by Gasteiger charge is -2.39. The highest BCUT2D eigenvalue weighted by atomic mass is 19.0. The first-order valence-electron chi connectivity index (χ1n) is 19.2. The second-order valence-corrected chi connectivity index (χ2v) is 14.2. The van der Waals surface area contributed by atoms with E-state index in [0.29, 0.717) is 11.4 Å². The summed E-state index contributed by atoms with van der Waals surface area (Å²) in [6.07, 6.45) is 11.1. The third-order valence-electron chi connectivity index (χ3n) is 10.3. The number of hydrogen-bond donors (Lipinski definition) is 4. The van der Waals surface area contributed by atoms with Crippen molar-refractivity contribution in [2.24, 2.45) is 0 Å². The van der Waals surface area contributed by atoms with Crippen molar-refractivity contribution >= 4 is 45.0 Å². The molecule has 52 heavy (non-hydrogen) atoms. The van der Waals surface area contributed by atoms with Crippen molar-refractivity contribution in [3.63, 3.8) is 0 Å². The van der Waals surface area contributed by atoms with Crippen LogP contribution in [0.15, 0.2) is 54.6 Å². The zero-order valence-corrected chi connectivity index (χ0v) is 32.8. The SMILES string of the molecule is CCCC[N+](CCCC)(CCCC)CCCC.Cc1[nH]c2c(NC(=O)c3cccc(C(=O)Nc4cccc5c(C)c(C)[nH]c45)n3)cccc2c1C.[F-]. The molecular formula is C43H61FN6O2. The minimum absolute atomic E-state index is 0. The van der Waals surface area contributed by atoms with Crippen LogP contribution in [-0.2, 0) is 0 Å². The largest absolute Gasteiger partial charge is 1.00 e. The Morgan fingerprint density at radius 2 is 0.923 bits per heavy atom. The number of benzene rings is 2. The molecule has 0 spiro atoms. The second-order valence-electron chi connectivity index (χ2n) is 14.2. The fourth-order valence-corrected chi connectivity index (χ4v) is 6.88. The highest BCUT2D eigenvalue weighted by Gasteiger charge is 2.25. The molecule has 5 rings (SSSR count). The lowest BCUT2D eigenvalue weighted by Crippen LogP contribution is -3.00. The van der Waals surface area contributed by atoms with Gasteiger partial charge >= 0.3 is 0 Å². The maximum Gasteiger partial charge on any atom is 0.274 e. The quantitative estimate of drug-likeness (QED) is 0.0786. The number of H-pyrrole nitrogens is 2. The molecule has 0 aliphatic carbocycles. The minimum Gasteiger partial charge on any atom is -1.00 e. The van der Waals surface area contributed by atoms with Gasteiger partial charge in [0.05, 0.1) is 48.6 Å². The molecule has 0 aliphatic rings. The monoisotopic (exact) mass is 712 g/mol. The first kappa shape index (κ1) is 41.9. The van der Waals surface area contributed by atoms with E-state index in [4.69, 9.17) is 0 Å². The van der Waals surface area contributed by atoms with E-state index >= 15 is 0 Å². The normalized spacial score (nSPS) is 11.2. The number of aromatic amines is 2. The Kier molecular flexibility index (Phi) is 16.1. The Morgan fingerprint density at radius 1 is 0.577 bits per heavy atom. The number of fused-ring (bicyclic) bond motifs is 2. The van der Waals surface area contributed by atoms with Crippen LogP contribution < -0.4 is 15.3 Å². The van der Waals surface area contributed by atoms with E-state index in [0.717, 1.165) is 44.3 Å². The number of hydrogen-bond acceptors (Lipinski definition) is 3. The van der Waals surface area contributed by atoms with Crippen LogP contribution in [0.4, 0.5) is 11.4 Å². The van der Waals surface area contributed by atoms with E-state index in [2.05, 4.69) is 53.3 Å². The second kappa shape index (κ2) is 19.9. The number of carbonyl (C=O) groups excluding carboxylic acids is 2. The number of nitrogens with zero attached hydrogens (tertiary/aromatic N) is 2. The third kappa shape index (κ3) is 10.3. The smallest absolute Gasteiger partial charge is 0.274 e. The van der Waals surface area contributed by atoms with Crippen molar-refractivity contribution in [2.75, 3.05) is 36.8 Å². The summed E-state index contributed by atoms with van der Waals surface area (Å²) in [5.41, 5.74) is 7.78. The summed E-state index contributed by atoms with van der Waals surface area (Å²) >= 11 is 0. The topological polar surface area (TPSA) is 103 Å². The van der Waals surface area contributed by atoms with Crippen LogP contribution in [0.2, 0.25) is 0 Å². The summed E-state index contributed by atoms with van der Waals surface area (Å²) < 4.78 is 1.42. The summed E-state index contributed by atoms with van der Waals surface area (Å²) in [6, 6.07) is 16.4. The first-order valence-corrected chi connectivity index (χ1v) is 19.2. The molecule has 0 saturated heterocycles. The Morgan fingerprint density at radius 3 is 1.27 bits per heavy atom. The van der Waals surface area contributed by atoms with E-state index in [1.165, 1.54) is 82.0 Å². The van der Waals surface area contributed by atoms with Gasteiger partial charge in [-0.25, -0.2) is 4.98 Å². The number of carbonyl (C=O) groups is 2. The number of aryl methyl sites for hydroxylation is 4. The molecule has 0 bridgehead atoms. The van der Waals surface area contributed by atoms with Gasteiger partial charge < -0.3 is 29.8 Å².